The van der Waals surface area contributed by atoms with Crippen molar-refractivity contribution >= 4 is 30.0 Å². The van der Waals surface area contributed by atoms with Crippen molar-refractivity contribution < 1.29 is 19.2 Å². The van der Waals surface area contributed by atoms with Crippen LogP contribution in [0.3, 0.4) is 0 Å². The molecule has 1 aliphatic rings. The summed E-state index contributed by atoms with van der Waals surface area (Å²) in [5.74, 6) is -1.69. The number of imidazole rings is 1. The van der Waals surface area contributed by atoms with Crippen LogP contribution < -0.4 is 27.4 Å². The van der Waals surface area contributed by atoms with Crippen LogP contribution in [0.4, 0.5) is 0 Å². The van der Waals surface area contributed by atoms with E-state index in [2.05, 4.69) is 25.9 Å². The van der Waals surface area contributed by atoms with Gasteiger partial charge in [-0.2, -0.15) is 0 Å². The first-order valence-corrected chi connectivity index (χ1v) is 10.4. The van der Waals surface area contributed by atoms with E-state index in [1.54, 1.807) is 6.20 Å². The van der Waals surface area contributed by atoms with Crippen molar-refractivity contribution in [1.82, 2.24) is 30.8 Å². The number of aromatic amines is 1. The maximum absolute atomic E-state index is 13.1. The van der Waals surface area contributed by atoms with Gasteiger partial charge in [0.15, 0.2) is 5.96 Å². The van der Waals surface area contributed by atoms with Crippen molar-refractivity contribution in [3.8, 4) is 0 Å². The molecule has 0 bridgehead atoms. The zero-order chi connectivity index (χ0) is 23.5. The van der Waals surface area contributed by atoms with Crippen LogP contribution in [0.25, 0.3) is 0 Å². The number of nitrogens with two attached hydrogens (primary N) is 2. The van der Waals surface area contributed by atoms with Crippen LogP contribution in [-0.4, -0.2) is 82.6 Å². The fourth-order valence-corrected chi connectivity index (χ4v) is 3.49. The second-order valence-corrected chi connectivity index (χ2v) is 7.44. The molecule has 32 heavy (non-hydrogen) atoms. The summed E-state index contributed by atoms with van der Waals surface area (Å²) >= 11 is 0. The van der Waals surface area contributed by atoms with E-state index >= 15 is 0 Å². The van der Waals surface area contributed by atoms with E-state index in [9.17, 15) is 19.2 Å². The molecule has 9 N–H and O–H groups in total. The third-order valence-electron chi connectivity index (χ3n) is 5.08. The molecular formula is C19H30N9O4. The van der Waals surface area contributed by atoms with Gasteiger partial charge < -0.3 is 37.3 Å². The van der Waals surface area contributed by atoms with Gasteiger partial charge >= 0.3 is 0 Å². The number of H-pyrrole nitrogens is 1. The molecule has 1 aromatic rings. The molecule has 1 aliphatic heterocycles. The Labute approximate surface area is 185 Å². The van der Waals surface area contributed by atoms with Gasteiger partial charge in [0.1, 0.15) is 12.1 Å². The molecule has 0 saturated carbocycles. The van der Waals surface area contributed by atoms with Crippen LogP contribution >= 0.6 is 0 Å². The summed E-state index contributed by atoms with van der Waals surface area (Å²) in [6.07, 6.45) is 6.89. The molecule has 1 radical (unpaired) electrons. The number of rotatable bonds is 12. The van der Waals surface area contributed by atoms with Crippen LogP contribution in [0.2, 0.25) is 0 Å². The van der Waals surface area contributed by atoms with Crippen LogP contribution in [0, 0.1) is 5.41 Å². The van der Waals surface area contributed by atoms with Crippen molar-refractivity contribution in [2.45, 2.75) is 50.2 Å². The molecule has 175 valence electrons. The van der Waals surface area contributed by atoms with E-state index in [-0.39, 0.29) is 25.3 Å². The summed E-state index contributed by atoms with van der Waals surface area (Å²) in [7, 11) is 0. The van der Waals surface area contributed by atoms with Gasteiger partial charge in [-0.3, -0.25) is 24.6 Å². The molecule has 3 atom stereocenters. The van der Waals surface area contributed by atoms with Gasteiger partial charge in [-0.25, -0.2) is 4.98 Å². The molecule has 0 aliphatic carbocycles. The molecule has 1 aromatic heterocycles. The third-order valence-corrected chi connectivity index (χ3v) is 5.08. The predicted octanol–water partition coefficient (Wildman–Crippen LogP) is -2.76. The quantitative estimate of drug-likeness (QED) is 0.101. The first-order chi connectivity index (χ1) is 15.3. The molecule has 0 spiro atoms. The van der Waals surface area contributed by atoms with Gasteiger partial charge in [0.25, 0.3) is 0 Å². The molecule has 13 heteroatoms. The second-order valence-electron chi connectivity index (χ2n) is 7.44. The van der Waals surface area contributed by atoms with Crippen LogP contribution in [0.5, 0.6) is 0 Å². The summed E-state index contributed by atoms with van der Waals surface area (Å²) in [5.41, 5.74) is 11.2. The number of guanidine groups is 1. The van der Waals surface area contributed by atoms with Crippen LogP contribution in [0.1, 0.15) is 31.4 Å². The fourth-order valence-electron chi connectivity index (χ4n) is 3.49. The van der Waals surface area contributed by atoms with Gasteiger partial charge in [0.05, 0.1) is 24.6 Å². The van der Waals surface area contributed by atoms with Crippen LogP contribution in [0.15, 0.2) is 12.5 Å². The van der Waals surface area contributed by atoms with E-state index in [1.165, 1.54) is 11.2 Å². The summed E-state index contributed by atoms with van der Waals surface area (Å²) in [6, 6.07) is -2.57. The average Bonchev–Trinajstić information content (AvgIpc) is 3.46. The normalized spacial score (nSPS) is 17.3. The Morgan fingerprint density at radius 2 is 2.12 bits per heavy atom. The van der Waals surface area contributed by atoms with E-state index < -0.39 is 35.8 Å². The van der Waals surface area contributed by atoms with Gasteiger partial charge in [-0.15, -0.1) is 0 Å². The summed E-state index contributed by atoms with van der Waals surface area (Å²) in [6.45, 7) is 0.435. The second kappa shape index (κ2) is 12.4. The largest absolute Gasteiger partial charge is 0.370 e. The lowest BCUT2D eigenvalue weighted by Crippen LogP contribution is -2.56. The maximum atomic E-state index is 13.1. The number of hydrogen-bond donors (Lipinski definition) is 7. The molecule has 0 aromatic carbocycles. The highest BCUT2D eigenvalue weighted by Crippen LogP contribution is 2.18. The number of aromatic nitrogens is 2. The minimum Gasteiger partial charge on any atom is -0.370 e. The Kier molecular flexibility index (Phi) is 9.60. The summed E-state index contributed by atoms with van der Waals surface area (Å²) < 4.78 is 0. The van der Waals surface area contributed by atoms with Crippen molar-refractivity contribution in [3.05, 3.63) is 18.2 Å². The number of nitrogens with zero attached hydrogens (tertiary/aromatic N) is 2. The Morgan fingerprint density at radius 3 is 2.75 bits per heavy atom. The first kappa shape index (κ1) is 24.8. The smallest absolute Gasteiger partial charge is 0.245 e. The Hall–Kier alpha value is -3.48. The van der Waals surface area contributed by atoms with Gasteiger partial charge in [0, 0.05) is 25.7 Å². The van der Waals surface area contributed by atoms with Gasteiger partial charge in [-0.1, -0.05) is 0 Å². The predicted molar refractivity (Wildman–Crippen MR) is 115 cm³/mol. The van der Waals surface area contributed by atoms with Crippen LogP contribution in [-0.2, 0) is 25.6 Å². The SMILES string of the molecule is N=C(N)NCCCC(NC(=O)C(Cc1c[nH]cn1)NC(=O)CN)C(=O)N1CCCC1[C]=O. The lowest BCUT2D eigenvalue weighted by atomic mass is 10.1. The molecule has 3 unspecified atom stereocenters. The van der Waals surface area contributed by atoms with E-state index in [4.69, 9.17) is 16.9 Å². The number of amides is 3. The van der Waals surface area contributed by atoms with Gasteiger partial charge in [0.2, 0.25) is 24.0 Å². The van der Waals surface area contributed by atoms with Crippen molar-refractivity contribution in [1.29, 1.82) is 5.41 Å². The van der Waals surface area contributed by atoms with E-state index in [0.29, 0.717) is 38.0 Å². The molecule has 1 fully saturated rings. The molecule has 3 amide bonds. The zero-order valence-corrected chi connectivity index (χ0v) is 17.7. The van der Waals surface area contributed by atoms with Gasteiger partial charge in [-0.05, 0) is 25.7 Å². The minimum atomic E-state index is -0.994. The highest BCUT2D eigenvalue weighted by molar-refractivity contribution is 5.93. The Morgan fingerprint density at radius 1 is 1.34 bits per heavy atom. The number of carbonyl (C=O) groups excluding carboxylic acids is 4. The number of carbonyl (C=O) groups is 3. The first-order valence-electron chi connectivity index (χ1n) is 10.4. The summed E-state index contributed by atoms with van der Waals surface area (Å²) in [5, 5.41) is 15.1. The number of likely N-dealkylation sites (tertiary alicyclic amines) is 1. The minimum absolute atomic E-state index is 0.0995. The molecule has 2 heterocycles. The standard InChI is InChI=1S/C19H30N9O4/c20-8-16(30)26-15(7-12-9-23-11-25-12)17(31)27-14(4-1-5-24-19(21)22)18(32)28-6-2-3-13(28)10-29/h9,11,13-15H,1-8,20H2,(H,23,25)(H,26,30)(H,27,31)(H4,21,22,24). The lowest BCUT2D eigenvalue weighted by molar-refractivity contribution is -0.137. The van der Waals surface area contributed by atoms with E-state index in [1.807, 2.05) is 6.29 Å². The summed E-state index contributed by atoms with van der Waals surface area (Å²) in [4.78, 5) is 57.5. The molecule has 2 rings (SSSR count). The average molecular weight is 449 g/mol. The van der Waals surface area contributed by atoms with Crippen molar-refractivity contribution in [2.24, 2.45) is 11.5 Å². The lowest BCUT2D eigenvalue weighted by Gasteiger charge is -2.28. The monoisotopic (exact) mass is 448 g/mol. The topological polar surface area (TPSA) is 212 Å². The number of hydrogen-bond acceptors (Lipinski definition) is 7. The number of nitrogens with one attached hydrogen (secondary N) is 5. The fraction of sp³-hybridized carbons (Fsp3) is 0.579. The molecule has 13 nitrogen and oxygen atoms in total. The molecular weight excluding hydrogens is 418 g/mol. The zero-order valence-electron chi connectivity index (χ0n) is 17.7. The third kappa shape index (κ3) is 7.34. The highest BCUT2D eigenvalue weighted by atomic mass is 16.2. The Bertz CT molecular complexity index is 799. The Balaban J connectivity index is 2.12. The van der Waals surface area contributed by atoms with E-state index in [0.717, 1.165) is 0 Å². The maximum Gasteiger partial charge on any atom is 0.245 e. The molecule has 1 saturated heterocycles. The van der Waals surface area contributed by atoms with Crippen molar-refractivity contribution in [3.63, 3.8) is 0 Å². The highest BCUT2D eigenvalue weighted by Gasteiger charge is 2.35. The van der Waals surface area contributed by atoms with Crippen molar-refractivity contribution in [2.75, 3.05) is 19.6 Å².